The van der Waals surface area contributed by atoms with Crippen molar-refractivity contribution in [2.45, 2.75) is 19.4 Å². The number of rotatable bonds is 5. The molecule has 0 fully saturated rings. The molecule has 0 radical (unpaired) electrons. The van der Waals surface area contributed by atoms with Crippen LogP contribution in [0.3, 0.4) is 0 Å². The molecule has 0 amide bonds. The first-order chi connectivity index (χ1) is 8.24. The molecule has 0 saturated carbocycles. The minimum atomic E-state index is -0.839. The maximum atomic E-state index is 10.4. The molecule has 0 aliphatic rings. The van der Waals surface area contributed by atoms with Gasteiger partial charge in [0.25, 0.3) is 0 Å². The Hall–Kier alpha value is -2.31. The van der Waals surface area contributed by atoms with Crippen molar-refractivity contribution < 1.29 is 9.90 Å². The zero-order valence-corrected chi connectivity index (χ0v) is 9.02. The molecule has 0 aliphatic carbocycles. The Morgan fingerprint density at radius 2 is 2.24 bits per heavy atom. The first kappa shape index (κ1) is 11.2. The summed E-state index contributed by atoms with van der Waals surface area (Å²) in [6.07, 6.45) is 7.02. The lowest BCUT2D eigenvalue weighted by molar-refractivity contribution is -0.136. The number of aliphatic carboxylic acids is 1. The Kier molecular flexibility index (Phi) is 3.39. The van der Waals surface area contributed by atoms with Crippen LogP contribution >= 0.6 is 0 Å². The summed E-state index contributed by atoms with van der Waals surface area (Å²) in [5.41, 5.74) is 1.44. The molecule has 7 nitrogen and oxygen atoms in total. The molecular formula is C10H11N5O2. The van der Waals surface area contributed by atoms with Crippen LogP contribution < -0.4 is 0 Å². The van der Waals surface area contributed by atoms with E-state index in [1.54, 1.807) is 29.5 Å². The third-order valence-corrected chi connectivity index (χ3v) is 2.12. The summed E-state index contributed by atoms with van der Waals surface area (Å²) >= 11 is 0. The number of nitrogens with zero attached hydrogens (tertiary/aromatic N) is 5. The average molecular weight is 233 g/mol. The molecule has 0 unspecified atom stereocenters. The summed E-state index contributed by atoms with van der Waals surface area (Å²) in [6, 6.07) is 0. The van der Waals surface area contributed by atoms with Crippen LogP contribution in [0.15, 0.2) is 24.8 Å². The summed E-state index contributed by atoms with van der Waals surface area (Å²) in [5.74, 6) is -0.839. The summed E-state index contributed by atoms with van der Waals surface area (Å²) < 4.78 is 1.61. The third-order valence-electron chi connectivity index (χ3n) is 2.12. The fourth-order valence-electron chi connectivity index (χ4n) is 1.34. The van der Waals surface area contributed by atoms with E-state index in [0.717, 1.165) is 5.69 Å². The van der Waals surface area contributed by atoms with E-state index in [2.05, 4.69) is 20.3 Å². The molecule has 1 N–H and O–H groups in total. The number of carboxylic acid groups (broad SMARTS) is 1. The normalized spacial score (nSPS) is 10.4. The third kappa shape index (κ3) is 3.33. The van der Waals surface area contributed by atoms with Gasteiger partial charge in [-0.1, -0.05) is 5.21 Å². The van der Waals surface area contributed by atoms with Crippen LogP contribution in [0.2, 0.25) is 0 Å². The SMILES string of the molecule is O=C(O)CCc1cn(Cc2cnccn2)nn1. The highest BCUT2D eigenvalue weighted by Crippen LogP contribution is 2.00. The Bertz CT molecular complexity index is 496. The molecule has 17 heavy (non-hydrogen) atoms. The molecule has 0 bridgehead atoms. The van der Waals surface area contributed by atoms with E-state index in [9.17, 15) is 4.79 Å². The molecule has 2 heterocycles. The van der Waals surface area contributed by atoms with Crippen LogP contribution in [-0.4, -0.2) is 36.0 Å². The van der Waals surface area contributed by atoms with E-state index in [-0.39, 0.29) is 6.42 Å². The topological polar surface area (TPSA) is 93.8 Å². The van der Waals surface area contributed by atoms with Crippen LogP contribution in [0.1, 0.15) is 17.8 Å². The van der Waals surface area contributed by atoms with Gasteiger partial charge in [0.05, 0.1) is 30.6 Å². The highest BCUT2D eigenvalue weighted by atomic mass is 16.4. The minimum Gasteiger partial charge on any atom is -0.481 e. The number of aromatic nitrogens is 5. The van der Waals surface area contributed by atoms with Gasteiger partial charge in [-0.05, 0) is 0 Å². The van der Waals surface area contributed by atoms with E-state index in [4.69, 9.17) is 5.11 Å². The summed E-state index contributed by atoms with van der Waals surface area (Å²) in [5, 5.41) is 16.3. The Labute approximate surface area is 97.1 Å². The second-order valence-electron chi connectivity index (χ2n) is 3.50. The second-order valence-corrected chi connectivity index (χ2v) is 3.50. The fraction of sp³-hybridized carbons (Fsp3) is 0.300. The van der Waals surface area contributed by atoms with E-state index in [0.29, 0.717) is 18.7 Å². The lowest BCUT2D eigenvalue weighted by atomic mass is 10.2. The van der Waals surface area contributed by atoms with E-state index in [1.165, 1.54) is 0 Å². The predicted octanol–water partition coefficient (Wildman–Crippen LogP) is 0.134. The minimum absolute atomic E-state index is 0.0594. The van der Waals surface area contributed by atoms with Crippen molar-refractivity contribution in [1.82, 2.24) is 25.0 Å². The number of carbonyl (C=O) groups is 1. The average Bonchev–Trinajstić information content (AvgIpc) is 2.75. The standard InChI is InChI=1S/C10H11N5O2/c16-10(17)2-1-8-6-15(14-13-8)7-9-5-11-3-4-12-9/h3-6H,1-2,7H2,(H,16,17). The maximum Gasteiger partial charge on any atom is 0.303 e. The van der Waals surface area contributed by atoms with Crippen molar-refractivity contribution in [3.8, 4) is 0 Å². The predicted molar refractivity (Wildman–Crippen MR) is 57.1 cm³/mol. The lowest BCUT2D eigenvalue weighted by Gasteiger charge is -1.97. The number of hydrogen-bond acceptors (Lipinski definition) is 5. The van der Waals surface area contributed by atoms with Crippen molar-refractivity contribution in [3.05, 3.63) is 36.2 Å². The van der Waals surface area contributed by atoms with Crippen LogP contribution in [0.5, 0.6) is 0 Å². The molecular weight excluding hydrogens is 222 g/mol. The highest BCUT2D eigenvalue weighted by molar-refractivity contribution is 5.66. The van der Waals surface area contributed by atoms with Gasteiger partial charge in [0.15, 0.2) is 0 Å². The van der Waals surface area contributed by atoms with Crippen molar-refractivity contribution in [2.24, 2.45) is 0 Å². The largest absolute Gasteiger partial charge is 0.481 e. The second kappa shape index (κ2) is 5.15. The monoisotopic (exact) mass is 233 g/mol. The molecule has 0 atom stereocenters. The lowest BCUT2D eigenvalue weighted by Crippen LogP contribution is -2.02. The first-order valence-corrected chi connectivity index (χ1v) is 5.10. The number of aryl methyl sites for hydroxylation is 1. The molecule has 0 saturated heterocycles. The quantitative estimate of drug-likeness (QED) is 0.789. The van der Waals surface area contributed by atoms with Crippen LogP contribution in [0, 0.1) is 0 Å². The number of hydrogen-bond donors (Lipinski definition) is 1. The maximum absolute atomic E-state index is 10.4. The first-order valence-electron chi connectivity index (χ1n) is 5.10. The van der Waals surface area contributed by atoms with Crippen molar-refractivity contribution in [1.29, 1.82) is 0 Å². The summed E-state index contributed by atoms with van der Waals surface area (Å²) in [4.78, 5) is 18.5. The van der Waals surface area contributed by atoms with Gasteiger partial charge in [-0.15, -0.1) is 5.10 Å². The zero-order valence-electron chi connectivity index (χ0n) is 9.02. The zero-order chi connectivity index (χ0) is 12.1. The van der Waals surface area contributed by atoms with Crippen LogP contribution in [0.4, 0.5) is 0 Å². The molecule has 88 valence electrons. The molecule has 2 aromatic heterocycles. The van der Waals surface area contributed by atoms with Gasteiger partial charge in [-0.25, -0.2) is 4.68 Å². The highest BCUT2D eigenvalue weighted by Gasteiger charge is 2.04. The molecule has 0 aliphatic heterocycles. The van der Waals surface area contributed by atoms with Gasteiger partial charge in [0.2, 0.25) is 0 Å². The summed E-state index contributed by atoms with van der Waals surface area (Å²) in [6.45, 7) is 0.480. The van der Waals surface area contributed by atoms with Gasteiger partial charge >= 0.3 is 5.97 Å². The smallest absolute Gasteiger partial charge is 0.303 e. The summed E-state index contributed by atoms with van der Waals surface area (Å²) in [7, 11) is 0. The molecule has 0 spiro atoms. The van der Waals surface area contributed by atoms with Crippen molar-refractivity contribution in [3.63, 3.8) is 0 Å². The van der Waals surface area contributed by atoms with Gasteiger partial charge in [-0.2, -0.15) is 0 Å². The Morgan fingerprint density at radius 1 is 1.35 bits per heavy atom. The Balaban J connectivity index is 1.97. The van der Waals surface area contributed by atoms with Crippen LogP contribution in [-0.2, 0) is 17.8 Å². The van der Waals surface area contributed by atoms with E-state index in [1.807, 2.05) is 0 Å². The van der Waals surface area contributed by atoms with Gasteiger partial charge in [-0.3, -0.25) is 14.8 Å². The molecule has 0 aromatic carbocycles. The Morgan fingerprint density at radius 3 is 2.94 bits per heavy atom. The number of carboxylic acids is 1. The van der Waals surface area contributed by atoms with Gasteiger partial charge < -0.3 is 5.11 Å². The molecule has 2 rings (SSSR count). The molecule has 2 aromatic rings. The van der Waals surface area contributed by atoms with E-state index >= 15 is 0 Å². The van der Waals surface area contributed by atoms with Gasteiger partial charge in [0, 0.05) is 25.0 Å². The van der Waals surface area contributed by atoms with Crippen molar-refractivity contribution >= 4 is 5.97 Å². The fourth-order valence-corrected chi connectivity index (χ4v) is 1.34. The van der Waals surface area contributed by atoms with Crippen molar-refractivity contribution in [2.75, 3.05) is 0 Å². The molecule has 7 heteroatoms. The van der Waals surface area contributed by atoms with E-state index < -0.39 is 5.97 Å². The van der Waals surface area contributed by atoms with Crippen LogP contribution in [0.25, 0.3) is 0 Å². The van der Waals surface area contributed by atoms with Gasteiger partial charge in [0.1, 0.15) is 0 Å².